The first-order valence-corrected chi connectivity index (χ1v) is 11.8. The summed E-state index contributed by atoms with van der Waals surface area (Å²) < 4.78 is 18.5. The zero-order valence-electron chi connectivity index (χ0n) is 16.3. The molecule has 4 rings (SSSR count). The van der Waals surface area contributed by atoms with E-state index in [9.17, 15) is 14.7 Å². The van der Waals surface area contributed by atoms with Crippen LogP contribution < -0.4 is 15.4 Å². The maximum absolute atomic E-state index is 15.2. The molecule has 2 aliphatic heterocycles. The molecular formula is C19H20ClFI2N4O3. The summed E-state index contributed by atoms with van der Waals surface area (Å²) in [7, 11) is 0. The predicted molar refractivity (Wildman–Crippen MR) is 133 cm³/mol. The van der Waals surface area contributed by atoms with Crippen molar-refractivity contribution in [1.82, 2.24) is 5.89 Å². The number of nitrogens with zero attached hydrogens (tertiary/aromatic N) is 4. The monoisotopic (exact) mass is 660 g/mol. The minimum absolute atomic E-state index is 0.103. The second kappa shape index (κ2) is 8.34. The molecule has 30 heavy (non-hydrogen) atoms. The van der Waals surface area contributed by atoms with Gasteiger partial charge in [0.2, 0.25) is 0 Å². The number of pyridine rings is 1. The molecule has 162 valence electrons. The number of hydrogen-bond acceptors (Lipinski definition) is 5. The molecule has 2 unspecified atom stereocenters. The maximum Gasteiger partial charge on any atom is 0.286 e. The highest BCUT2D eigenvalue weighted by Gasteiger charge is 2.45. The third kappa shape index (κ3) is 3.33. The third-order valence-corrected chi connectivity index (χ3v) is 8.45. The van der Waals surface area contributed by atoms with Gasteiger partial charge in [0, 0.05) is 71.1 Å². The molecule has 0 spiro atoms. The van der Waals surface area contributed by atoms with Crippen LogP contribution in [0.25, 0.3) is 10.9 Å². The van der Waals surface area contributed by atoms with Crippen molar-refractivity contribution < 1.29 is 14.3 Å². The molecule has 2 aromatic rings. The number of hydrogen-bond donors (Lipinski definition) is 1. The number of amides is 1. The molecule has 2 atom stereocenters. The Balaban J connectivity index is 2.10. The van der Waals surface area contributed by atoms with Crippen LogP contribution in [0.3, 0.4) is 0 Å². The summed E-state index contributed by atoms with van der Waals surface area (Å²) in [5.74, 6) is -0.723. The number of piperazine rings is 1. The molecule has 2 aliphatic rings. The molecule has 3 heterocycles. The zero-order chi connectivity index (χ0) is 21.9. The van der Waals surface area contributed by atoms with Crippen LogP contribution in [0, 0.1) is 12.7 Å². The van der Waals surface area contributed by atoms with Gasteiger partial charge in [0.15, 0.2) is 5.82 Å². The van der Waals surface area contributed by atoms with Crippen LogP contribution >= 0.6 is 57.3 Å². The lowest BCUT2D eigenvalue weighted by Crippen LogP contribution is -2.64. The molecular weight excluding hydrogens is 640 g/mol. The SMILES string of the molecule is Cc1c(Cl)cc2c3c(c(=O)n(I)c2c1F)N(CCCO)C(=O)C1CN(I)C(C)CN31. The van der Waals surface area contributed by atoms with Crippen molar-refractivity contribution >= 4 is 85.5 Å². The number of aromatic nitrogens is 1. The predicted octanol–water partition coefficient (Wildman–Crippen LogP) is 3.26. The number of rotatable bonds is 3. The lowest BCUT2D eigenvalue weighted by molar-refractivity contribution is -0.120. The number of benzene rings is 1. The van der Waals surface area contributed by atoms with Gasteiger partial charge in [0.05, 0.1) is 34.1 Å². The van der Waals surface area contributed by atoms with Crippen molar-refractivity contribution in [3.8, 4) is 0 Å². The van der Waals surface area contributed by atoms with E-state index in [0.717, 1.165) is 0 Å². The first kappa shape index (κ1) is 22.5. The van der Waals surface area contributed by atoms with E-state index in [1.807, 2.05) is 11.8 Å². The fraction of sp³-hybridized carbons (Fsp3) is 0.474. The number of aliphatic hydroxyl groups excluding tert-OH is 1. The highest BCUT2D eigenvalue weighted by Crippen LogP contribution is 2.44. The van der Waals surface area contributed by atoms with Crippen molar-refractivity contribution in [2.45, 2.75) is 32.4 Å². The van der Waals surface area contributed by atoms with E-state index < -0.39 is 17.4 Å². The zero-order valence-corrected chi connectivity index (χ0v) is 21.4. The highest BCUT2D eigenvalue weighted by atomic mass is 127. The van der Waals surface area contributed by atoms with Crippen molar-refractivity contribution in [2.24, 2.45) is 0 Å². The van der Waals surface area contributed by atoms with E-state index in [-0.39, 0.29) is 46.9 Å². The molecule has 0 aliphatic carbocycles. The summed E-state index contributed by atoms with van der Waals surface area (Å²) in [5.41, 5.74) is 0.761. The molecule has 0 radical (unpaired) electrons. The molecule has 1 fully saturated rings. The Morgan fingerprint density at radius 2 is 1.97 bits per heavy atom. The van der Waals surface area contributed by atoms with E-state index >= 15 is 4.39 Å². The fourth-order valence-corrected chi connectivity index (χ4v) is 5.62. The Bertz CT molecular complexity index is 1110. The fourth-order valence-electron chi connectivity index (χ4n) is 4.18. The van der Waals surface area contributed by atoms with Crippen LogP contribution in [0.1, 0.15) is 18.9 Å². The molecule has 0 saturated carbocycles. The average Bonchev–Trinajstić information content (AvgIpc) is 2.70. The summed E-state index contributed by atoms with van der Waals surface area (Å²) in [6, 6.07) is 1.32. The molecule has 1 saturated heterocycles. The van der Waals surface area contributed by atoms with Gasteiger partial charge in [0.25, 0.3) is 11.5 Å². The second-order valence-corrected chi connectivity index (χ2v) is 10.3. The second-order valence-electron chi connectivity index (χ2n) is 7.64. The van der Waals surface area contributed by atoms with Gasteiger partial charge in [-0.1, -0.05) is 11.6 Å². The number of aliphatic hydroxyl groups is 1. The van der Waals surface area contributed by atoms with Crippen molar-refractivity contribution in [2.75, 3.05) is 36.0 Å². The smallest absolute Gasteiger partial charge is 0.286 e. The van der Waals surface area contributed by atoms with Crippen molar-refractivity contribution in [1.29, 1.82) is 0 Å². The van der Waals surface area contributed by atoms with Gasteiger partial charge >= 0.3 is 0 Å². The van der Waals surface area contributed by atoms with E-state index in [4.69, 9.17) is 11.6 Å². The number of carbonyl (C=O) groups excluding carboxylic acids is 1. The maximum atomic E-state index is 15.2. The lowest BCUT2D eigenvalue weighted by atomic mass is 9.98. The largest absolute Gasteiger partial charge is 0.396 e. The number of fused-ring (bicyclic) bond motifs is 5. The highest BCUT2D eigenvalue weighted by molar-refractivity contribution is 14.1. The minimum Gasteiger partial charge on any atom is -0.396 e. The van der Waals surface area contributed by atoms with Gasteiger partial charge in [-0.05, 0) is 26.3 Å². The average molecular weight is 661 g/mol. The molecule has 1 aromatic heterocycles. The van der Waals surface area contributed by atoms with Crippen LogP contribution in [0.15, 0.2) is 10.9 Å². The first-order chi connectivity index (χ1) is 14.2. The van der Waals surface area contributed by atoms with Crippen LogP contribution in [-0.4, -0.2) is 55.2 Å². The minimum atomic E-state index is -0.539. The summed E-state index contributed by atoms with van der Waals surface area (Å²) in [4.78, 5) is 30.1. The summed E-state index contributed by atoms with van der Waals surface area (Å²) in [5, 5.41) is 10.1. The van der Waals surface area contributed by atoms with E-state index in [1.165, 1.54) is 7.68 Å². The van der Waals surface area contributed by atoms with E-state index in [2.05, 4.69) is 26.0 Å². The van der Waals surface area contributed by atoms with Gasteiger partial charge in [0.1, 0.15) is 11.7 Å². The molecule has 11 heteroatoms. The van der Waals surface area contributed by atoms with Crippen molar-refractivity contribution in [3.63, 3.8) is 0 Å². The molecule has 1 N–H and O–H groups in total. The van der Waals surface area contributed by atoms with Crippen LogP contribution in [0.2, 0.25) is 5.02 Å². The lowest BCUT2D eigenvalue weighted by Gasteiger charge is -2.49. The Labute approximate surface area is 205 Å². The third-order valence-electron chi connectivity index (χ3n) is 5.79. The van der Waals surface area contributed by atoms with Gasteiger partial charge in [-0.3, -0.25) is 9.59 Å². The van der Waals surface area contributed by atoms with E-state index in [0.29, 0.717) is 30.6 Å². The van der Waals surface area contributed by atoms with Gasteiger partial charge in [-0.15, -0.1) is 0 Å². The number of carbonyl (C=O) groups is 1. The van der Waals surface area contributed by atoms with Gasteiger partial charge in [-0.25, -0.2) is 10.3 Å². The first-order valence-electron chi connectivity index (χ1n) is 9.53. The number of halogens is 4. The van der Waals surface area contributed by atoms with Crippen LogP contribution in [0.4, 0.5) is 15.8 Å². The standard InChI is InChI=1S/C19H20ClFI2N4O3/c1-9-7-25-13(8-26(9)22)18(29)24(4-3-5-28)17-16(25)11-6-12(20)10(2)14(21)15(11)27(23)19(17)30/h6,9,13,28H,3-5,7-8H2,1-2H3. The van der Waals surface area contributed by atoms with E-state index in [1.54, 1.807) is 35.9 Å². The molecule has 1 amide bonds. The summed E-state index contributed by atoms with van der Waals surface area (Å²) in [6.07, 6.45) is 0.337. The normalized spacial score (nSPS) is 21.9. The Morgan fingerprint density at radius 1 is 1.27 bits per heavy atom. The Morgan fingerprint density at radius 3 is 2.63 bits per heavy atom. The topological polar surface area (TPSA) is 69.0 Å². The Kier molecular flexibility index (Phi) is 6.25. The van der Waals surface area contributed by atoms with Gasteiger partial charge in [-0.2, -0.15) is 0 Å². The summed E-state index contributed by atoms with van der Waals surface area (Å²) in [6.45, 7) is 4.73. The van der Waals surface area contributed by atoms with Crippen molar-refractivity contribution in [3.05, 3.63) is 32.8 Å². The van der Waals surface area contributed by atoms with Crippen LogP contribution in [0.5, 0.6) is 0 Å². The molecule has 0 bridgehead atoms. The quantitative estimate of drug-likeness (QED) is 0.405. The van der Waals surface area contributed by atoms with Gasteiger partial charge < -0.3 is 14.9 Å². The summed E-state index contributed by atoms with van der Waals surface area (Å²) >= 11 is 10.3. The molecule has 7 nitrogen and oxygen atoms in total. The Hall–Kier alpha value is -0.700. The number of anilines is 2. The molecule has 1 aromatic carbocycles. The van der Waals surface area contributed by atoms with Crippen LogP contribution in [-0.2, 0) is 4.79 Å².